The fourth-order valence-corrected chi connectivity index (χ4v) is 9.25. The van der Waals surface area contributed by atoms with Crippen molar-refractivity contribution in [1.82, 2.24) is 5.32 Å². The molecule has 1 heterocycles. The Balaban J connectivity index is 2.66. The highest BCUT2D eigenvalue weighted by Crippen LogP contribution is 2.26. The molecule has 0 aromatic carbocycles. The van der Waals surface area contributed by atoms with Crippen LogP contribution in [0, 0.1) is 0 Å². The van der Waals surface area contributed by atoms with Gasteiger partial charge in [-0.1, -0.05) is 256 Å². The average molecular weight is 1180 g/mol. The number of hydrogen-bond acceptors (Lipinski definition) is 10. The predicted molar refractivity (Wildman–Crippen MR) is 356 cm³/mol. The summed E-state index contributed by atoms with van der Waals surface area (Å²) in [5.41, 5.74) is 0. The molecule has 1 aliphatic heterocycles. The first-order valence-electron chi connectivity index (χ1n) is 33.3. The number of ether oxygens (including phenoxy) is 3. The molecule has 0 aliphatic carbocycles. The molecule has 6 N–H and O–H groups in total. The minimum atomic E-state index is -1.64. The number of carbonyl (C=O) groups is 2. The van der Waals surface area contributed by atoms with E-state index in [1.165, 1.54) is 38.5 Å². The lowest BCUT2D eigenvalue weighted by atomic mass is 9.99. The summed E-state index contributed by atoms with van der Waals surface area (Å²) < 4.78 is 17.6. The van der Waals surface area contributed by atoms with Crippen molar-refractivity contribution in [2.75, 3.05) is 13.2 Å². The van der Waals surface area contributed by atoms with Crippen molar-refractivity contribution in [3.63, 3.8) is 0 Å². The summed E-state index contributed by atoms with van der Waals surface area (Å²) in [6.45, 7) is 5.51. The topological polar surface area (TPSA) is 175 Å². The molecule has 11 nitrogen and oxygen atoms in total. The molecular weight excluding hydrogens is 1060 g/mol. The molecule has 0 aromatic heterocycles. The van der Waals surface area contributed by atoms with Crippen LogP contribution in [0.4, 0.5) is 0 Å². The number of aliphatic hydroxyl groups excluding tert-OH is 5. The van der Waals surface area contributed by atoms with Crippen LogP contribution in [-0.2, 0) is 23.8 Å². The van der Waals surface area contributed by atoms with Crippen LogP contribution < -0.4 is 5.32 Å². The molecule has 1 fully saturated rings. The monoisotopic (exact) mass is 1180 g/mol. The Morgan fingerprint density at radius 1 is 0.471 bits per heavy atom. The van der Waals surface area contributed by atoms with Crippen LogP contribution in [0.25, 0.3) is 0 Å². The summed E-state index contributed by atoms with van der Waals surface area (Å²) in [7, 11) is 0. The van der Waals surface area contributed by atoms with Gasteiger partial charge in [0.1, 0.15) is 24.4 Å². The number of rotatable bonds is 54. The van der Waals surface area contributed by atoms with Gasteiger partial charge in [-0.3, -0.25) is 9.59 Å². The van der Waals surface area contributed by atoms with Gasteiger partial charge >= 0.3 is 5.97 Å². The van der Waals surface area contributed by atoms with Gasteiger partial charge in [-0.2, -0.15) is 0 Å². The molecule has 11 heteroatoms. The Bertz CT molecular complexity index is 1990. The van der Waals surface area contributed by atoms with Crippen LogP contribution >= 0.6 is 0 Å². The van der Waals surface area contributed by atoms with Crippen molar-refractivity contribution in [3.05, 3.63) is 158 Å². The lowest BCUT2D eigenvalue weighted by Gasteiger charge is -2.41. The van der Waals surface area contributed by atoms with E-state index in [4.69, 9.17) is 14.2 Å². The molecule has 85 heavy (non-hydrogen) atoms. The number of carbonyl (C=O) groups excluding carboxylic acids is 2. The maximum absolute atomic E-state index is 13.4. The van der Waals surface area contributed by atoms with Gasteiger partial charge in [0.2, 0.25) is 5.91 Å². The molecule has 0 spiro atoms. The van der Waals surface area contributed by atoms with Crippen LogP contribution in [0.3, 0.4) is 0 Å². The molecule has 1 aliphatic rings. The van der Waals surface area contributed by atoms with Crippen LogP contribution in [0.2, 0.25) is 0 Å². The summed E-state index contributed by atoms with van der Waals surface area (Å²) >= 11 is 0. The summed E-state index contributed by atoms with van der Waals surface area (Å²) in [6, 6.07) is -1.06. The van der Waals surface area contributed by atoms with Crippen molar-refractivity contribution in [1.29, 1.82) is 0 Å². The third-order valence-corrected chi connectivity index (χ3v) is 14.4. The van der Waals surface area contributed by atoms with E-state index in [2.05, 4.69) is 166 Å². The van der Waals surface area contributed by atoms with E-state index in [1.54, 1.807) is 6.08 Å². The maximum Gasteiger partial charge on any atom is 0.306 e. The summed E-state index contributed by atoms with van der Waals surface area (Å²) in [6.07, 6.45) is 77.1. The Labute approximate surface area is 517 Å². The van der Waals surface area contributed by atoms with Crippen LogP contribution in [0.5, 0.6) is 0 Å². The second-order valence-electron chi connectivity index (χ2n) is 22.1. The molecular formula is C74H119NO10. The first-order valence-corrected chi connectivity index (χ1v) is 33.3. The highest BCUT2D eigenvalue weighted by molar-refractivity contribution is 5.80. The highest BCUT2D eigenvalue weighted by atomic mass is 16.7. The van der Waals surface area contributed by atoms with E-state index in [0.717, 1.165) is 141 Å². The first kappa shape index (κ1) is 78.3. The van der Waals surface area contributed by atoms with Crippen molar-refractivity contribution in [2.24, 2.45) is 0 Å². The second-order valence-corrected chi connectivity index (χ2v) is 22.1. The van der Waals surface area contributed by atoms with E-state index in [-0.39, 0.29) is 19.4 Å². The van der Waals surface area contributed by atoms with E-state index in [9.17, 15) is 35.1 Å². The molecule has 1 amide bonds. The Morgan fingerprint density at radius 2 is 0.847 bits per heavy atom. The predicted octanol–water partition coefficient (Wildman–Crippen LogP) is 16.7. The fraction of sp³-hybridized carbons (Fsp3) is 0.622. The van der Waals surface area contributed by atoms with Gasteiger partial charge < -0.3 is 45.1 Å². The third kappa shape index (κ3) is 47.1. The van der Waals surface area contributed by atoms with Gasteiger partial charge in [-0.25, -0.2) is 0 Å². The van der Waals surface area contributed by atoms with Crippen molar-refractivity contribution in [2.45, 2.75) is 282 Å². The second kappa shape index (κ2) is 59.6. The lowest BCUT2D eigenvalue weighted by molar-refractivity contribution is -0.305. The average Bonchev–Trinajstić information content (AvgIpc) is 2.90. The molecule has 1 saturated heterocycles. The number of aliphatic hydroxyl groups is 5. The van der Waals surface area contributed by atoms with Gasteiger partial charge in [0, 0.05) is 6.42 Å². The van der Waals surface area contributed by atoms with Crippen molar-refractivity contribution in [3.8, 4) is 0 Å². The number of hydrogen-bond donors (Lipinski definition) is 6. The van der Waals surface area contributed by atoms with Crippen LogP contribution in [0.15, 0.2) is 158 Å². The van der Waals surface area contributed by atoms with Gasteiger partial charge in [0.25, 0.3) is 0 Å². The van der Waals surface area contributed by atoms with Gasteiger partial charge in [-0.15, -0.1) is 0 Å². The normalized spacial score (nSPS) is 19.5. The Morgan fingerprint density at radius 3 is 1.27 bits per heavy atom. The molecule has 0 saturated carbocycles. The third-order valence-electron chi connectivity index (χ3n) is 14.4. The van der Waals surface area contributed by atoms with Crippen LogP contribution in [-0.4, -0.2) is 99.6 Å². The maximum atomic E-state index is 13.4. The van der Waals surface area contributed by atoms with Gasteiger partial charge in [0.15, 0.2) is 12.4 Å². The van der Waals surface area contributed by atoms with Gasteiger partial charge in [0.05, 0.1) is 25.4 Å². The Kier molecular flexibility index (Phi) is 54.9. The fourth-order valence-electron chi connectivity index (χ4n) is 9.25. The van der Waals surface area contributed by atoms with Crippen LogP contribution in [0.1, 0.15) is 233 Å². The number of allylic oxidation sites excluding steroid dienone is 25. The Hall–Kier alpha value is -4.72. The zero-order valence-electron chi connectivity index (χ0n) is 53.2. The standard InChI is InChI=1S/C74H119NO10/c1-4-7-10-13-16-19-22-24-26-28-30-32-33-34-35-36-38-40-42-44-47-50-53-56-59-62-69(79)85-72-71(81)70(80)68(63-76)84-74(72)83-64-65(66(77)60-57-54-51-48-45-21-18-15-12-9-6-3)75-73(82)67(78)61-58-55-52-49-46-43-41-39-37-31-29-27-25-23-20-17-14-11-8-5-2/h7-8,10-11,16-17,19-20,24-27,30-32,34-35,37-38,40-41,43,49,52,57,60,65-68,70-72,74,76-78,80-81H,4-6,9,12-15,18,21-23,28-29,33,36,39,42,44-48,50-51,53-56,58-59,61-64H2,1-3H3,(H,75,82)/b10-7-,11-8-,19-16-,20-17-,26-24-,27-25-,32-30-,35-34-,37-31-,40-38-,43-41-,52-49-,60-57+. The molecule has 480 valence electrons. The van der Waals surface area contributed by atoms with E-state index in [1.807, 2.05) is 12.2 Å². The largest absolute Gasteiger partial charge is 0.454 e. The van der Waals surface area contributed by atoms with E-state index in [0.29, 0.717) is 19.3 Å². The zero-order chi connectivity index (χ0) is 61.7. The summed E-state index contributed by atoms with van der Waals surface area (Å²) in [5.74, 6) is -1.27. The number of unbranched alkanes of at least 4 members (excludes halogenated alkanes) is 16. The molecule has 0 aromatic rings. The minimum Gasteiger partial charge on any atom is -0.454 e. The quantitative estimate of drug-likeness (QED) is 0.0195. The summed E-state index contributed by atoms with van der Waals surface area (Å²) in [5, 5.41) is 57.0. The van der Waals surface area contributed by atoms with Gasteiger partial charge in [-0.05, 0) is 128 Å². The molecule has 1 rings (SSSR count). The number of amides is 1. The smallest absolute Gasteiger partial charge is 0.306 e. The minimum absolute atomic E-state index is 0.0904. The molecule has 0 radical (unpaired) electrons. The van der Waals surface area contributed by atoms with Crippen molar-refractivity contribution >= 4 is 11.9 Å². The van der Waals surface area contributed by atoms with Crippen molar-refractivity contribution < 1.29 is 49.3 Å². The molecule has 8 atom stereocenters. The summed E-state index contributed by atoms with van der Waals surface area (Å²) in [4.78, 5) is 26.6. The lowest BCUT2D eigenvalue weighted by Crippen LogP contribution is -2.61. The SMILES string of the molecule is CC/C=C\C/C=C\C/C=C\C/C=C\C/C=C\C/C=C\CCCCCCCCC(=O)OC1C(OCC(NC(=O)C(O)CCC/C=C\C/C=C\C/C=C\C/C=C\C/C=C\C/C=C\CC)C(O)/C=C/CCCCCCCCCCC)OC(CO)C(O)C1O. The van der Waals surface area contributed by atoms with E-state index >= 15 is 0 Å². The number of nitrogens with one attached hydrogen (secondary N) is 1. The van der Waals surface area contributed by atoms with E-state index < -0.39 is 67.4 Å². The highest BCUT2D eigenvalue weighted by Gasteiger charge is 2.47. The first-order chi connectivity index (χ1) is 41.7. The zero-order valence-corrected chi connectivity index (χ0v) is 53.2. The molecule has 0 bridgehead atoms. The molecule has 8 unspecified atom stereocenters. The number of esters is 1.